The molecule has 0 amide bonds. The molecule has 1 atom stereocenters. The van der Waals surface area contributed by atoms with Crippen LogP contribution in [0.25, 0.3) is 11.5 Å². The number of aromatic nitrogens is 2. The van der Waals surface area contributed by atoms with Gasteiger partial charge in [0.15, 0.2) is 5.82 Å². The van der Waals surface area contributed by atoms with Gasteiger partial charge in [-0.2, -0.15) is 4.98 Å². The van der Waals surface area contributed by atoms with Gasteiger partial charge in [0.2, 0.25) is 0 Å². The highest BCUT2D eigenvalue weighted by atomic mass is 79.9. The van der Waals surface area contributed by atoms with Crippen LogP contribution in [0.3, 0.4) is 0 Å². The number of rotatable bonds is 6. The number of hydrogen-bond acceptors (Lipinski definition) is 5. The van der Waals surface area contributed by atoms with Crippen molar-refractivity contribution in [3.8, 4) is 11.5 Å². The van der Waals surface area contributed by atoms with Gasteiger partial charge in [-0.1, -0.05) is 34.1 Å². The van der Waals surface area contributed by atoms with Crippen LogP contribution in [-0.2, 0) is 10.3 Å². The Morgan fingerprint density at radius 2 is 2.19 bits per heavy atom. The summed E-state index contributed by atoms with van der Waals surface area (Å²) in [4.78, 5) is 4.40. The van der Waals surface area contributed by atoms with Gasteiger partial charge in [0.25, 0.3) is 5.89 Å². The Balaban J connectivity index is 2.18. The normalized spacial score (nSPS) is 14.1. The molecular formula is C15H20BrN3O2. The monoisotopic (exact) mass is 353 g/mol. The molecule has 2 N–H and O–H groups in total. The van der Waals surface area contributed by atoms with Crippen molar-refractivity contribution in [3.63, 3.8) is 0 Å². The van der Waals surface area contributed by atoms with Gasteiger partial charge in [-0.25, -0.2) is 0 Å². The minimum Gasteiger partial charge on any atom is -0.379 e. The highest BCUT2D eigenvalue weighted by Gasteiger charge is 2.28. The molecule has 1 aromatic carbocycles. The maximum absolute atomic E-state index is 6.20. The van der Waals surface area contributed by atoms with E-state index in [1.54, 1.807) is 0 Å². The summed E-state index contributed by atoms with van der Waals surface area (Å²) >= 11 is 3.50. The predicted molar refractivity (Wildman–Crippen MR) is 84.8 cm³/mol. The SMILES string of the molecule is CCCOCC(C)(N)c1noc(-c2ccc(C)c(Br)c2)n1. The summed E-state index contributed by atoms with van der Waals surface area (Å²) in [7, 11) is 0. The quantitative estimate of drug-likeness (QED) is 0.805. The fraction of sp³-hybridized carbons (Fsp3) is 0.467. The van der Waals surface area contributed by atoms with E-state index in [0.717, 1.165) is 22.0 Å². The molecule has 0 saturated heterocycles. The molecule has 1 heterocycles. The van der Waals surface area contributed by atoms with Crippen molar-refractivity contribution in [2.45, 2.75) is 32.7 Å². The summed E-state index contributed by atoms with van der Waals surface area (Å²) in [6.45, 7) is 6.94. The summed E-state index contributed by atoms with van der Waals surface area (Å²) in [5.74, 6) is 0.906. The molecule has 0 fully saturated rings. The molecule has 21 heavy (non-hydrogen) atoms. The van der Waals surface area contributed by atoms with Gasteiger partial charge in [0, 0.05) is 16.6 Å². The Morgan fingerprint density at radius 3 is 2.86 bits per heavy atom. The van der Waals surface area contributed by atoms with Crippen LogP contribution in [0.4, 0.5) is 0 Å². The molecule has 6 heteroatoms. The molecule has 0 aliphatic rings. The summed E-state index contributed by atoms with van der Waals surface area (Å²) in [5, 5.41) is 3.99. The second kappa shape index (κ2) is 6.68. The van der Waals surface area contributed by atoms with E-state index in [4.69, 9.17) is 15.0 Å². The van der Waals surface area contributed by atoms with Gasteiger partial charge >= 0.3 is 0 Å². The maximum atomic E-state index is 6.20. The summed E-state index contributed by atoms with van der Waals surface area (Å²) in [5.41, 5.74) is 7.45. The summed E-state index contributed by atoms with van der Waals surface area (Å²) < 4.78 is 11.8. The number of nitrogens with zero attached hydrogens (tertiary/aromatic N) is 2. The Kier molecular flexibility index (Phi) is 5.13. The van der Waals surface area contributed by atoms with Crippen LogP contribution >= 0.6 is 15.9 Å². The van der Waals surface area contributed by atoms with E-state index in [0.29, 0.717) is 24.9 Å². The van der Waals surface area contributed by atoms with E-state index in [-0.39, 0.29) is 0 Å². The smallest absolute Gasteiger partial charge is 0.258 e. The van der Waals surface area contributed by atoms with E-state index in [1.165, 1.54) is 0 Å². The lowest BCUT2D eigenvalue weighted by Crippen LogP contribution is -2.39. The molecule has 0 aliphatic heterocycles. The maximum Gasteiger partial charge on any atom is 0.258 e. The second-order valence-corrected chi connectivity index (χ2v) is 6.21. The number of ether oxygens (including phenoxy) is 1. The predicted octanol–water partition coefficient (Wildman–Crippen LogP) is 3.41. The minimum atomic E-state index is -0.765. The van der Waals surface area contributed by atoms with Gasteiger partial charge in [0.1, 0.15) is 5.54 Å². The summed E-state index contributed by atoms with van der Waals surface area (Å²) in [6, 6.07) is 5.89. The van der Waals surface area contributed by atoms with Crippen molar-refractivity contribution in [2.24, 2.45) is 5.73 Å². The first kappa shape index (κ1) is 16.1. The average Bonchev–Trinajstić information content (AvgIpc) is 2.92. The van der Waals surface area contributed by atoms with Gasteiger partial charge < -0.3 is 15.0 Å². The van der Waals surface area contributed by atoms with Crippen molar-refractivity contribution in [1.82, 2.24) is 10.1 Å². The molecule has 114 valence electrons. The van der Waals surface area contributed by atoms with Crippen LogP contribution in [0.5, 0.6) is 0 Å². The average molecular weight is 354 g/mol. The third-order valence-electron chi connectivity index (χ3n) is 3.11. The van der Waals surface area contributed by atoms with Crippen molar-refractivity contribution in [1.29, 1.82) is 0 Å². The Labute approximate surface area is 133 Å². The van der Waals surface area contributed by atoms with Crippen LogP contribution in [0.15, 0.2) is 27.2 Å². The van der Waals surface area contributed by atoms with Gasteiger partial charge in [-0.15, -0.1) is 0 Å². The topological polar surface area (TPSA) is 74.2 Å². The minimum absolute atomic E-state index is 0.359. The Hall–Kier alpha value is -1.24. The van der Waals surface area contributed by atoms with E-state index in [2.05, 4.69) is 33.0 Å². The van der Waals surface area contributed by atoms with Crippen molar-refractivity contribution in [2.75, 3.05) is 13.2 Å². The highest BCUT2D eigenvalue weighted by molar-refractivity contribution is 9.10. The fourth-order valence-corrected chi connectivity index (χ4v) is 2.17. The number of nitrogens with two attached hydrogens (primary N) is 1. The second-order valence-electron chi connectivity index (χ2n) is 5.36. The summed E-state index contributed by atoms with van der Waals surface area (Å²) in [6.07, 6.45) is 0.949. The molecule has 1 unspecified atom stereocenters. The Morgan fingerprint density at radius 1 is 1.43 bits per heavy atom. The molecule has 0 spiro atoms. The fourth-order valence-electron chi connectivity index (χ4n) is 1.79. The van der Waals surface area contributed by atoms with Crippen LogP contribution in [0, 0.1) is 6.92 Å². The molecule has 1 aromatic heterocycles. The van der Waals surface area contributed by atoms with Gasteiger partial charge in [-0.3, -0.25) is 0 Å². The lowest BCUT2D eigenvalue weighted by Gasteiger charge is -2.19. The van der Waals surface area contributed by atoms with E-state index in [9.17, 15) is 0 Å². The lowest BCUT2D eigenvalue weighted by atomic mass is 10.1. The van der Waals surface area contributed by atoms with Crippen LogP contribution in [0.2, 0.25) is 0 Å². The molecule has 5 nitrogen and oxygen atoms in total. The molecule has 0 radical (unpaired) electrons. The molecule has 2 rings (SSSR count). The van der Waals surface area contributed by atoms with Crippen molar-refractivity contribution >= 4 is 15.9 Å². The van der Waals surface area contributed by atoms with Crippen LogP contribution in [-0.4, -0.2) is 23.4 Å². The third kappa shape index (κ3) is 3.90. The molecule has 0 bridgehead atoms. The van der Waals surface area contributed by atoms with Crippen molar-refractivity contribution in [3.05, 3.63) is 34.1 Å². The molecular weight excluding hydrogens is 334 g/mol. The van der Waals surface area contributed by atoms with E-state index >= 15 is 0 Å². The number of halogens is 1. The number of benzene rings is 1. The van der Waals surface area contributed by atoms with E-state index in [1.807, 2.05) is 32.0 Å². The first-order chi connectivity index (χ1) is 9.94. The van der Waals surface area contributed by atoms with E-state index < -0.39 is 5.54 Å². The van der Waals surface area contributed by atoms with Gasteiger partial charge in [-0.05, 0) is 38.0 Å². The highest BCUT2D eigenvalue weighted by Crippen LogP contribution is 2.26. The zero-order valence-electron chi connectivity index (χ0n) is 12.5. The Bertz CT molecular complexity index is 611. The number of aryl methyl sites for hydroxylation is 1. The standard InChI is InChI=1S/C15H20BrN3O2/c1-4-7-20-9-15(3,17)14-18-13(21-19-14)11-6-5-10(2)12(16)8-11/h5-6,8H,4,7,9,17H2,1-3H3. The lowest BCUT2D eigenvalue weighted by molar-refractivity contribution is 0.0867. The van der Waals surface area contributed by atoms with Gasteiger partial charge in [0.05, 0.1) is 6.61 Å². The zero-order valence-corrected chi connectivity index (χ0v) is 14.1. The first-order valence-corrected chi connectivity index (χ1v) is 7.70. The van der Waals surface area contributed by atoms with Crippen LogP contribution in [0.1, 0.15) is 31.7 Å². The zero-order chi connectivity index (χ0) is 15.5. The molecule has 0 aliphatic carbocycles. The molecule has 0 saturated carbocycles. The number of hydrogen-bond donors (Lipinski definition) is 1. The van der Waals surface area contributed by atoms with Crippen molar-refractivity contribution < 1.29 is 9.26 Å². The van der Waals surface area contributed by atoms with Crippen LogP contribution < -0.4 is 5.73 Å². The third-order valence-corrected chi connectivity index (χ3v) is 3.96. The first-order valence-electron chi connectivity index (χ1n) is 6.91. The largest absolute Gasteiger partial charge is 0.379 e. The molecule has 2 aromatic rings.